The van der Waals surface area contributed by atoms with E-state index in [1.165, 1.54) is 26.2 Å². The van der Waals surface area contributed by atoms with E-state index >= 15 is 0 Å². The number of ether oxygens (including phenoxy) is 4. The Labute approximate surface area is 229 Å². The summed E-state index contributed by atoms with van der Waals surface area (Å²) in [6.07, 6.45) is 1.27. The molecule has 1 aliphatic heterocycles. The number of nitrogens with one attached hydrogen (secondary N) is 2. The molecule has 2 amide bonds. The van der Waals surface area contributed by atoms with Gasteiger partial charge in [-0.2, -0.15) is 0 Å². The summed E-state index contributed by atoms with van der Waals surface area (Å²) in [6, 6.07) is 3.17. The Bertz CT molecular complexity index is 1030. The van der Waals surface area contributed by atoms with Gasteiger partial charge < -0.3 is 29.6 Å². The summed E-state index contributed by atoms with van der Waals surface area (Å²) < 4.78 is 22.3. The number of carbonyl (C=O) groups excluding carboxylic acids is 5. The Balaban J connectivity index is 2.37. The van der Waals surface area contributed by atoms with E-state index in [0.717, 1.165) is 19.3 Å². The van der Waals surface area contributed by atoms with Gasteiger partial charge in [-0.1, -0.05) is 52.5 Å². The number of rotatable bonds is 12. The molecular weight excluding hydrogens is 508 g/mol. The number of hydrogen-bond acceptors (Lipinski definition) is 9. The van der Waals surface area contributed by atoms with Crippen molar-refractivity contribution in [2.75, 3.05) is 12.4 Å². The van der Waals surface area contributed by atoms with Crippen LogP contribution in [0, 0.1) is 11.8 Å². The summed E-state index contributed by atoms with van der Waals surface area (Å²) in [5.41, 5.74) is 0.298. The van der Waals surface area contributed by atoms with Crippen molar-refractivity contribution in [2.24, 2.45) is 11.8 Å². The van der Waals surface area contributed by atoms with Crippen LogP contribution in [0.3, 0.4) is 0 Å². The van der Waals surface area contributed by atoms with Crippen molar-refractivity contribution in [1.29, 1.82) is 0 Å². The molecule has 1 heterocycles. The zero-order valence-corrected chi connectivity index (χ0v) is 23.5. The molecule has 1 fully saturated rings. The number of carbonyl (C=O) groups is 5. The highest BCUT2D eigenvalue weighted by molar-refractivity contribution is 6.01. The zero-order chi connectivity index (χ0) is 29.1. The molecule has 0 aromatic heterocycles. The minimum atomic E-state index is -1.36. The number of esters is 3. The number of para-hydroxylation sites is 1. The van der Waals surface area contributed by atoms with Crippen molar-refractivity contribution in [3.8, 4) is 5.75 Å². The monoisotopic (exact) mass is 548 g/mol. The first kappa shape index (κ1) is 31.6. The van der Waals surface area contributed by atoms with Crippen molar-refractivity contribution in [2.45, 2.75) is 91.1 Å². The lowest BCUT2D eigenvalue weighted by Gasteiger charge is -2.29. The standard InChI is InChI=1S/C28H40N2O9/c1-7-8-9-10-12-20-23(39-26(33)16(2)3)18(5)38-28(35)22(17(4)37-27(20)34)30-25(32)19-13-11-14-21(29-15-31)24(19)36-6/h11,13-18,20,22-23H,7-10,12H2,1-6H3,(H,29,31)(H,30,32)/t17-,18+,20-,22+,23+/m1/s1. The van der Waals surface area contributed by atoms with Crippen molar-refractivity contribution >= 4 is 35.9 Å². The second-order valence-corrected chi connectivity index (χ2v) is 9.90. The van der Waals surface area contributed by atoms with Gasteiger partial charge >= 0.3 is 17.9 Å². The highest BCUT2D eigenvalue weighted by Crippen LogP contribution is 2.30. The Kier molecular flexibility index (Phi) is 12.2. The van der Waals surface area contributed by atoms with Crippen LogP contribution in [-0.2, 0) is 33.4 Å². The topological polar surface area (TPSA) is 146 Å². The summed E-state index contributed by atoms with van der Waals surface area (Å²) in [6.45, 7) is 8.44. The molecule has 216 valence electrons. The third kappa shape index (κ3) is 8.43. The number of anilines is 1. The molecule has 0 spiro atoms. The fourth-order valence-electron chi connectivity index (χ4n) is 4.34. The smallest absolute Gasteiger partial charge is 0.332 e. The number of cyclic esters (lactones) is 2. The van der Waals surface area contributed by atoms with Gasteiger partial charge in [0.1, 0.15) is 12.2 Å². The van der Waals surface area contributed by atoms with E-state index < -0.39 is 60.0 Å². The SMILES string of the molecule is CCCCCC[C@H]1C(=O)O[C@H](C)[C@H](NC(=O)c2cccc(NC=O)c2OC)C(=O)O[C@@H](C)[C@@H]1OC(=O)C(C)C. The molecule has 39 heavy (non-hydrogen) atoms. The van der Waals surface area contributed by atoms with Crippen LogP contribution >= 0.6 is 0 Å². The van der Waals surface area contributed by atoms with Gasteiger partial charge in [0.2, 0.25) is 6.41 Å². The molecular formula is C28H40N2O9. The molecule has 11 heteroatoms. The quantitative estimate of drug-likeness (QED) is 0.174. The van der Waals surface area contributed by atoms with Crippen molar-refractivity contribution in [3.05, 3.63) is 23.8 Å². The summed E-state index contributed by atoms with van der Waals surface area (Å²) in [7, 11) is 1.33. The van der Waals surface area contributed by atoms with Gasteiger partial charge in [-0.05, 0) is 32.4 Å². The molecule has 1 aliphatic rings. The first-order valence-corrected chi connectivity index (χ1v) is 13.3. The van der Waals surface area contributed by atoms with E-state index in [-0.39, 0.29) is 17.0 Å². The van der Waals surface area contributed by atoms with Gasteiger partial charge in [0.05, 0.1) is 30.2 Å². The molecule has 0 unspecified atom stereocenters. The molecule has 2 N–H and O–H groups in total. The highest BCUT2D eigenvalue weighted by atomic mass is 16.6. The molecule has 0 aliphatic carbocycles. The van der Waals surface area contributed by atoms with Crippen LogP contribution in [0.5, 0.6) is 5.75 Å². The average Bonchev–Trinajstić information content (AvgIpc) is 2.92. The molecule has 0 radical (unpaired) electrons. The average molecular weight is 549 g/mol. The number of unbranched alkanes of at least 4 members (excludes halogenated alkanes) is 3. The number of methoxy groups -OCH3 is 1. The predicted molar refractivity (Wildman–Crippen MR) is 142 cm³/mol. The van der Waals surface area contributed by atoms with E-state index in [0.29, 0.717) is 19.3 Å². The molecule has 2 rings (SSSR count). The number of hydrogen-bond donors (Lipinski definition) is 2. The molecule has 0 saturated carbocycles. The van der Waals surface area contributed by atoms with Crippen molar-refractivity contribution < 1.29 is 42.9 Å². The fraction of sp³-hybridized carbons (Fsp3) is 0.607. The summed E-state index contributed by atoms with van der Waals surface area (Å²) in [4.78, 5) is 63.3. The Morgan fingerprint density at radius 2 is 1.74 bits per heavy atom. The Morgan fingerprint density at radius 1 is 1.05 bits per heavy atom. The maximum absolute atomic E-state index is 13.4. The zero-order valence-electron chi connectivity index (χ0n) is 23.5. The largest absolute Gasteiger partial charge is 0.494 e. The number of benzene rings is 1. The van der Waals surface area contributed by atoms with Gasteiger partial charge in [0, 0.05) is 0 Å². The van der Waals surface area contributed by atoms with Crippen molar-refractivity contribution in [3.63, 3.8) is 0 Å². The molecule has 1 saturated heterocycles. The van der Waals surface area contributed by atoms with E-state index in [9.17, 15) is 24.0 Å². The lowest BCUT2D eigenvalue weighted by atomic mass is 9.92. The minimum Gasteiger partial charge on any atom is -0.494 e. The van der Waals surface area contributed by atoms with Crippen LogP contribution in [-0.4, -0.2) is 61.7 Å². The van der Waals surface area contributed by atoms with Crippen LogP contribution in [0.15, 0.2) is 18.2 Å². The van der Waals surface area contributed by atoms with Crippen LogP contribution in [0.25, 0.3) is 0 Å². The molecule has 5 atom stereocenters. The van der Waals surface area contributed by atoms with E-state index in [4.69, 9.17) is 18.9 Å². The lowest BCUT2D eigenvalue weighted by molar-refractivity contribution is -0.177. The third-order valence-electron chi connectivity index (χ3n) is 6.55. The summed E-state index contributed by atoms with van der Waals surface area (Å²) in [5, 5.41) is 5.02. The number of amides is 2. The Hall–Kier alpha value is -3.63. The maximum atomic E-state index is 13.4. The first-order chi connectivity index (χ1) is 18.5. The van der Waals surface area contributed by atoms with Gasteiger partial charge in [-0.15, -0.1) is 0 Å². The summed E-state index contributed by atoms with van der Waals surface area (Å²) in [5.74, 6) is -3.95. The van der Waals surface area contributed by atoms with Gasteiger partial charge in [-0.25, -0.2) is 4.79 Å². The van der Waals surface area contributed by atoms with E-state index in [2.05, 4.69) is 17.6 Å². The third-order valence-corrected chi connectivity index (χ3v) is 6.55. The lowest BCUT2D eigenvalue weighted by Crippen LogP contribution is -2.50. The van der Waals surface area contributed by atoms with Crippen LogP contribution in [0.1, 0.15) is 77.1 Å². The first-order valence-electron chi connectivity index (χ1n) is 13.3. The minimum absolute atomic E-state index is 0.0427. The predicted octanol–water partition coefficient (Wildman–Crippen LogP) is 3.39. The van der Waals surface area contributed by atoms with E-state index in [1.54, 1.807) is 26.8 Å². The molecule has 0 bridgehead atoms. The fourth-order valence-corrected chi connectivity index (χ4v) is 4.34. The maximum Gasteiger partial charge on any atom is 0.332 e. The second kappa shape index (κ2) is 15.1. The van der Waals surface area contributed by atoms with Gasteiger partial charge in [0.25, 0.3) is 5.91 Å². The molecule has 1 aromatic carbocycles. The molecule has 1 aromatic rings. The van der Waals surface area contributed by atoms with Gasteiger partial charge in [-0.3, -0.25) is 19.2 Å². The van der Waals surface area contributed by atoms with Crippen LogP contribution in [0.2, 0.25) is 0 Å². The van der Waals surface area contributed by atoms with E-state index in [1.807, 2.05) is 0 Å². The van der Waals surface area contributed by atoms with Gasteiger partial charge in [0.15, 0.2) is 17.9 Å². The van der Waals surface area contributed by atoms with Crippen molar-refractivity contribution in [1.82, 2.24) is 5.32 Å². The van der Waals surface area contributed by atoms with Crippen LogP contribution < -0.4 is 15.4 Å². The highest BCUT2D eigenvalue weighted by Gasteiger charge is 2.44. The molecule has 11 nitrogen and oxygen atoms in total. The second-order valence-electron chi connectivity index (χ2n) is 9.90. The van der Waals surface area contributed by atoms with Crippen LogP contribution in [0.4, 0.5) is 5.69 Å². The summed E-state index contributed by atoms with van der Waals surface area (Å²) >= 11 is 0. The normalized spacial score (nSPS) is 23.4. The Morgan fingerprint density at radius 3 is 2.36 bits per heavy atom.